The summed E-state index contributed by atoms with van der Waals surface area (Å²) in [7, 11) is 0. The van der Waals surface area contributed by atoms with Crippen LogP contribution in [0.4, 0.5) is 0 Å². The molecule has 0 spiro atoms. The molecule has 0 aliphatic heterocycles. The van der Waals surface area contributed by atoms with Gasteiger partial charge in [-0.3, -0.25) is 0 Å². The van der Waals surface area contributed by atoms with Gasteiger partial charge >= 0.3 is 0 Å². The number of aryl methyl sites for hydroxylation is 3. The molecule has 1 aromatic heterocycles. The number of hydrogen-bond acceptors (Lipinski definition) is 0. The minimum absolute atomic E-state index is 1.05. The number of rotatable bonds is 3. The van der Waals surface area contributed by atoms with Crippen molar-refractivity contribution < 1.29 is 0 Å². The molecule has 0 aliphatic carbocycles. The van der Waals surface area contributed by atoms with Gasteiger partial charge in [0, 0.05) is 18.9 Å². The lowest BCUT2D eigenvalue weighted by molar-refractivity contribution is 0.713. The molecule has 11 heavy (non-hydrogen) atoms. The maximum absolute atomic E-state index is 3.69. The van der Waals surface area contributed by atoms with Gasteiger partial charge in [-0.2, -0.15) is 0 Å². The van der Waals surface area contributed by atoms with Crippen LogP contribution in [0.2, 0.25) is 0 Å². The van der Waals surface area contributed by atoms with Gasteiger partial charge in [-0.05, 0) is 31.4 Å². The summed E-state index contributed by atoms with van der Waals surface area (Å²) in [5.41, 5.74) is 2.74. The van der Waals surface area contributed by atoms with Crippen molar-refractivity contribution in [3.63, 3.8) is 0 Å². The second kappa shape index (κ2) is 3.42. The van der Waals surface area contributed by atoms with E-state index in [1.807, 2.05) is 6.08 Å². The molecule has 1 rings (SSSR count). The number of nitrogens with zero attached hydrogens (tertiary/aromatic N) is 1. The highest BCUT2D eigenvalue weighted by Crippen LogP contribution is 2.07. The molecule has 0 radical (unpaired) electrons. The third kappa shape index (κ3) is 1.97. The van der Waals surface area contributed by atoms with Gasteiger partial charge in [-0.25, -0.2) is 0 Å². The van der Waals surface area contributed by atoms with Crippen molar-refractivity contribution in [1.82, 2.24) is 4.57 Å². The maximum atomic E-state index is 3.69. The maximum Gasteiger partial charge on any atom is 0.0254 e. The van der Waals surface area contributed by atoms with Crippen LogP contribution in [0.3, 0.4) is 0 Å². The van der Waals surface area contributed by atoms with Gasteiger partial charge in [-0.15, -0.1) is 6.58 Å². The van der Waals surface area contributed by atoms with Crippen molar-refractivity contribution in [2.75, 3.05) is 0 Å². The van der Waals surface area contributed by atoms with Crippen molar-refractivity contribution in [3.05, 3.63) is 36.2 Å². The molecule has 1 heterocycles. The van der Waals surface area contributed by atoms with E-state index in [9.17, 15) is 0 Å². The Kier molecular flexibility index (Phi) is 2.53. The predicted octanol–water partition coefficient (Wildman–Crippen LogP) is 2.68. The van der Waals surface area contributed by atoms with Gasteiger partial charge in [-0.1, -0.05) is 6.08 Å². The highest BCUT2D eigenvalue weighted by Gasteiger charge is 1.95. The highest BCUT2D eigenvalue weighted by molar-refractivity contribution is 5.20. The molecular formula is C10H15N. The molecule has 0 aliphatic rings. The summed E-state index contributed by atoms with van der Waals surface area (Å²) in [5.74, 6) is 0. The van der Waals surface area contributed by atoms with Crippen LogP contribution in [-0.4, -0.2) is 4.57 Å². The number of aromatic nitrogens is 1. The summed E-state index contributed by atoms with van der Waals surface area (Å²) in [6.45, 7) is 9.02. The molecule has 0 bridgehead atoms. The van der Waals surface area contributed by atoms with Crippen molar-refractivity contribution >= 4 is 0 Å². The Bertz CT molecular complexity index is 226. The summed E-state index contributed by atoms with van der Waals surface area (Å²) < 4.78 is 2.21. The van der Waals surface area contributed by atoms with Crippen LogP contribution in [0, 0.1) is 13.8 Å². The largest absolute Gasteiger partial charge is 0.353 e. The van der Waals surface area contributed by atoms with E-state index in [0.29, 0.717) is 0 Å². The molecule has 1 heteroatoms. The molecule has 0 unspecified atom stereocenters. The fourth-order valence-electron chi connectivity index (χ4n) is 1.11. The summed E-state index contributed by atoms with van der Waals surface area (Å²) >= 11 is 0. The van der Waals surface area contributed by atoms with Crippen LogP contribution in [0.15, 0.2) is 25.0 Å². The second-order valence-corrected chi connectivity index (χ2v) is 2.94. The van der Waals surface area contributed by atoms with Gasteiger partial charge in [0.05, 0.1) is 0 Å². The molecule has 0 atom stereocenters. The highest BCUT2D eigenvalue weighted by atomic mass is 14.9. The molecule has 0 saturated heterocycles. The molecule has 0 fully saturated rings. The zero-order chi connectivity index (χ0) is 8.27. The van der Waals surface area contributed by atoms with E-state index in [2.05, 4.69) is 37.4 Å². The first-order valence-electron chi connectivity index (χ1n) is 3.98. The smallest absolute Gasteiger partial charge is 0.0254 e. The van der Waals surface area contributed by atoms with E-state index < -0.39 is 0 Å². The van der Waals surface area contributed by atoms with Crippen molar-refractivity contribution in [1.29, 1.82) is 0 Å². The lowest BCUT2D eigenvalue weighted by Crippen LogP contribution is -1.91. The normalized spacial score (nSPS) is 10.0. The van der Waals surface area contributed by atoms with Gasteiger partial charge in [0.2, 0.25) is 0 Å². The van der Waals surface area contributed by atoms with Crippen LogP contribution >= 0.6 is 0 Å². The summed E-state index contributed by atoms with van der Waals surface area (Å²) in [4.78, 5) is 0. The average Bonchev–Trinajstić information content (AvgIpc) is 2.28. The van der Waals surface area contributed by atoms with E-state index in [1.54, 1.807) is 0 Å². The fourth-order valence-corrected chi connectivity index (χ4v) is 1.11. The van der Waals surface area contributed by atoms with Crippen LogP contribution in [0.25, 0.3) is 0 Å². The lowest BCUT2D eigenvalue weighted by atomic mass is 10.2. The third-order valence-corrected chi connectivity index (χ3v) is 1.93. The number of allylic oxidation sites excluding steroid dienone is 1. The SMILES string of the molecule is C=CCCn1cc(C)c(C)c1. The van der Waals surface area contributed by atoms with E-state index in [0.717, 1.165) is 13.0 Å². The summed E-state index contributed by atoms with van der Waals surface area (Å²) in [6, 6.07) is 0. The minimum atomic E-state index is 1.05. The van der Waals surface area contributed by atoms with Crippen LogP contribution < -0.4 is 0 Å². The van der Waals surface area contributed by atoms with Gasteiger partial charge < -0.3 is 4.57 Å². The van der Waals surface area contributed by atoms with Crippen LogP contribution in [0.1, 0.15) is 17.5 Å². The quantitative estimate of drug-likeness (QED) is 0.582. The molecular weight excluding hydrogens is 134 g/mol. The zero-order valence-corrected chi connectivity index (χ0v) is 7.30. The second-order valence-electron chi connectivity index (χ2n) is 2.94. The molecule has 0 saturated carbocycles. The first kappa shape index (κ1) is 8.12. The average molecular weight is 149 g/mol. The summed E-state index contributed by atoms with van der Waals surface area (Å²) in [6.07, 6.45) is 7.36. The van der Waals surface area contributed by atoms with E-state index >= 15 is 0 Å². The molecule has 60 valence electrons. The lowest BCUT2D eigenvalue weighted by Gasteiger charge is -1.96. The molecule has 0 aromatic carbocycles. The Balaban J connectivity index is 2.64. The molecule has 0 N–H and O–H groups in total. The van der Waals surface area contributed by atoms with E-state index in [4.69, 9.17) is 0 Å². The molecule has 1 nitrogen and oxygen atoms in total. The topological polar surface area (TPSA) is 4.93 Å². The van der Waals surface area contributed by atoms with Gasteiger partial charge in [0.15, 0.2) is 0 Å². The van der Waals surface area contributed by atoms with Crippen LogP contribution in [-0.2, 0) is 6.54 Å². The monoisotopic (exact) mass is 149 g/mol. The third-order valence-electron chi connectivity index (χ3n) is 1.93. The Morgan fingerprint density at radius 3 is 2.36 bits per heavy atom. The minimum Gasteiger partial charge on any atom is -0.353 e. The Labute approximate surface area is 68.4 Å². The molecule has 1 aromatic rings. The predicted molar refractivity (Wildman–Crippen MR) is 48.7 cm³/mol. The fraction of sp³-hybridized carbons (Fsp3) is 0.400. The van der Waals surface area contributed by atoms with Gasteiger partial charge in [0.1, 0.15) is 0 Å². The first-order valence-corrected chi connectivity index (χ1v) is 3.98. The Hall–Kier alpha value is -0.980. The van der Waals surface area contributed by atoms with Crippen molar-refractivity contribution in [3.8, 4) is 0 Å². The van der Waals surface area contributed by atoms with E-state index in [1.165, 1.54) is 11.1 Å². The number of hydrogen-bond donors (Lipinski definition) is 0. The molecule has 0 amide bonds. The van der Waals surface area contributed by atoms with Gasteiger partial charge in [0.25, 0.3) is 0 Å². The van der Waals surface area contributed by atoms with Crippen LogP contribution in [0.5, 0.6) is 0 Å². The van der Waals surface area contributed by atoms with Crippen molar-refractivity contribution in [2.24, 2.45) is 0 Å². The zero-order valence-electron chi connectivity index (χ0n) is 7.30. The Morgan fingerprint density at radius 1 is 1.36 bits per heavy atom. The van der Waals surface area contributed by atoms with E-state index in [-0.39, 0.29) is 0 Å². The first-order chi connectivity index (χ1) is 5.24. The standard InChI is InChI=1S/C10H15N/c1-4-5-6-11-7-9(2)10(3)8-11/h4,7-8H,1,5-6H2,2-3H3. The summed E-state index contributed by atoms with van der Waals surface area (Å²) in [5, 5.41) is 0. The van der Waals surface area contributed by atoms with Crippen molar-refractivity contribution in [2.45, 2.75) is 26.8 Å². The Morgan fingerprint density at radius 2 is 1.91 bits per heavy atom.